The van der Waals surface area contributed by atoms with Crippen molar-refractivity contribution >= 4 is 16.8 Å². The molecule has 0 aliphatic heterocycles. The first kappa shape index (κ1) is 20.0. The van der Waals surface area contributed by atoms with Crippen LogP contribution < -0.4 is 4.74 Å². The lowest BCUT2D eigenvalue weighted by molar-refractivity contribution is -0.118. The molecule has 0 saturated heterocycles. The zero-order chi connectivity index (χ0) is 17.8. The summed E-state index contributed by atoms with van der Waals surface area (Å²) in [7, 11) is 0. The summed E-state index contributed by atoms with van der Waals surface area (Å²) in [5, 5.41) is -0.439. The molecule has 1 aromatic rings. The first-order chi connectivity index (χ1) is 10.6. The van der Waals surface area contributed by atoms with Gasteiger partial charge in [0.15, 0.2) is 6.10 Å². The Balaban J connectivity index is 3.38. The molecule has 3 heteroatoms. The molecule has 23 heavy (non-hydrogen) atoms. The molecule has 0 spiro atoms. The summed E-state index contributed by atoms with van der Waals surface area (Å²) in [6, 6.07) is 6.36. The molecule has 0 aliphatic carbocycles. The van der Waals surface area contributed by atoms with Crippen molar-refractivity contribution in [3.05, 3.63) is 29.3 Å². The van der Waals surface area contributed by atoms with E-state index in [-0.39, 0.29) is 10.8 Å². The summed E-state index contributed by atoms with van der Waals surface area (Å²) >= 11 is 5.66. The van der Waals surface area contributed by atoms with Crippen molar-refractivity contribution in [1.82, 2.24) is 0 Å². The van der Waals surface area contributed by atoms with Gasteiger partial charge in [-0.3, -0.25) is 4.79 Å². The molecule has 0 aliphatic rings. The van der Waals surface area contributed by atoms with Crippen molar-refractivity contribution < 1.29 is 9.53 Å². The Labute approximate surface area is 146 Å². The van der Waals surface area contributed by atoms with Gasteiger partial charge in [0.1, 0.15) is 5.75 Å². The first-order valence-electron chi connectivity index (χ1n) is 8.60. The molecule has 0 radical (unpaired) electrons. The largest absolute Gasteiger partial charge is 0.481 e. The lowest BCUT2D eigenvalue weighted by atomic mass is 9.76. The van der Waals surface area contributed by atoms with E-state index in [0.717, 1.165) is 24.2 Å². The molecule has 0 heterocycles. The van der Waals surface area contributed by atoms with Gasteiger partial charge in [-0.05, 0) is 53.3 Å². The second-order valence-electron chi connectivity index (χ2n) is 7.50. The molecule has 0 saturated carbocycles. The van der Waals surface area contributed by atoms with Gasteiger partial charge >= 0.3 is 0 Å². The number of carbonyl (C=O) groups excluding carboxylic acids is 1. The Morgan fingerprint density at radius 2 is 1.65 bits per heavy atom. The van der Waals surface area contributed by atoms with E-state index >= 15 is 0 Å². The van der Waals surface area contributed by atoms with Crippen molar-refractivity contribution in [2.75, 3.05) is 0 Å². The predicted molar refractivity (Wildman–Crippen MR) is 98.6 cm³/mol. The smallest absolute Gasteiger partial charge is 0.262 e. The standard InChI is InChI=1S/C20H31ClO2/c1-8-16(18(21)22)23-17-12-11-14(19(4,5)9-2)13-15(17)20(6,7)10-3/h11-13,16H,8-10H2,1-7H3/t16-/m1/s1. The van der Waals surface area contributed by atoms with Gasteiger partial charge in [-0.15, -0.1) is 0 Å². The van der Waals surface area contributed by atoms with Crippen LogP contribution in [0.1, 0.15) is 78.9 Å². The highest BCUT2D eigenvalue weighted by molar-refractivity contribution is 6.64. The van der Waals surface area contributed by atoms with Crippen LogP contribution in [0.4, 0.5) is 0 Å². The molecule has 1 aromatic carbocycles. The summed E-state index contributed by atoms with van der Waals surface area (Å²) in [6.45, 7) is 15.2. The van der Waals surface area contributed by atoms with Crippen molar-refractivity contribution in [2.45, 2.75) is 84.7 Å². The zero-order valence-corrected chi connectivity index (χ0v) is 16.4. The van der Waals surface area contributed by atoms with E-state index in [1.54, 1.807) is 0 Å². The summed E-state index contributed by atoms with van der Waals surface area (Å²) in [5.74, 6) is 0.772. The number of rotatable bonds is 8. The third-order valence-corrected chi connectivity index (χ3v) is 5.39. The number of benzene rings is 1. The number of hydrogen-bond donors (Lipinski definition) is 0. The molecule has 130 valence electrons. The van der Waals surface area contributed by atoms with Gasteiger partial charge in [0.05, 0.1) is 0 Å². The summed E-state index contributed by atoms with van der Waals surface area (Å²) in [6.07, 6.45) is 2.03. The van der Waals surface area contributed by atoms with E-state index in [0.29, 0.717) is 6.42 Å². The zero-order valence-electron chi connectivity index (χ0n) is 15.6. The molecule has 0 bridgehead atoms. The average Bonchev–Trinajstić information content (AvgIpc) is 2.51. The van der Waals surface area contributed by atoms with E-state index in [2.05, 4.69) is 53.7 Å². The third kappa shape index (κ3) is 4.73. The van der Waals surface area contributed by atoms with E-state index in [9.17, 15) is 4.79 Å². The van der Waals surface area contributed by atoms with E-state index in [4.69, 9.17) is 16.3 Å². The van der Waals surface area contributed by atoms with Gasteiger partial charge in [-0.1, -0.05) is 60.6 Å². The van der Waals surface area contributed by atoms with Crippen LogP contribution >= 0.6 is 11.6 Å². The van der Waals surface area contributed by atoms with Crippen molar-refractivity contribution in [3.8, 4) is 5.75 Å². The second kappa shape index (κ2) is 7.70. The Morgan fingerprint density at radius 1 is 1.09 bits per heavy atom. The highest BCUT2D eigenvalue weighted by Crippen LogP contribution is 2.39. The topological polar surface area (TPSA) is 26.3 Å². The normalized spacial score (nSPS) is 13.7. The Morgan fingerprint density at radius 3 is 2.09 bits per heavy atom. The highest BCUT2D eigenvalue weighted by atomic mass is 35.5. The molecule has 0 amide bonds. The molecule has 1 atom stereocenters. The number of carbonyl (C=O) groups is 1. The number of ether oxygens (including phenoxy) is 1. The minimum absolute atomic E-state index is 0.0250. The Hall–Kier alpha value is -1.02. The summed E-state index contributed by atoms with van der Waals surface area (Å²) in [4.78, 5) is 11.5. The van der Waals surface area contributed by atoms with E-state index < -0.39 is 11.3 Å². The first-order valence-corrected chi connectivity index (χ1v) is 8.97. The molecule has 0 aromatic heterocycles. The lowest BCUT2D eigenvalue weighted by Gasteiger charge is -2.31. The van der Waals surface area contributed by atoms with Gasteiger partial charge < -0.3 is 4.74 Å². The maximum absolute atomic E-state index is 11.5. The van der Waals surface area contributed by atoms with Crippen LogP contribution in [0.3, 0.4) is 0 Å². The van der Waals surface area contributed by atoms with Crippen molar-refractivity contribution in [2.24, 2.45) is 0 Å². The number of hydrogen-bond acceptors (Lipinski definition) is 2. The Bertz CT molecular complexity index is 547. The molecular weight excluding hydrogens is 308 g/mol. The fourth-order valence-electron chi connectivity index (χ4n) is 2.42. The van der Waals surface area contributed by atoms with Crippen molar-refractivity contribution in [3.63, 3.8) is 0 Å². The fraction of sp³-hybridized carbons (Fsp3) is 0.650. The van der Waals surface area contributed by atoms with Gasteiger partial charge in [-0.2, -0.15) is 0 Å². The number of halogens is 1. The monoisotopic (exact) mass is 338 g/mol. The SMILES string of the molecule is CC[C@@H](Oc1ccc(C(C)(C)CC)cc1C(C)(C)CC)C(=O)Cl. The summed E-state index contributed by atoms with van der Waals surface area (Å²) < 4.78 is 5.96. The quantitative estimate of drug-likeness (QED) is 0.544. The average molecular weight is 339 g/mol. The molecule has 2 nitrogen and oxygen atoms in total. The van der Waals surface area contributed by atoms with Crippen LogP contribution in [0.25, 0.3) is 0 Å². The lowest BCUT2D eigenvalue weighted by Crippen LogP contribution is -2.26. The maximum atomic E-state index is 11.5. The fourth-order valence-corrected chi connectivity index (χ4v) is 2.62. The van der Waals surface area contributed by atoms with Gasteiger partial charge in [0.2, 0.25) is 0 Å². The molecule has 0 unspecified atom stereocenters. The van der Waals surface area contributed by atoms with Crippen LogP contribution in [0.5, 0.6) is 5.75 Å². The van der Waals surface area contributed by atoms with E-state index in [1.807, 2.05) is 13.0 Å². The Kier molecular flexibility index (Phi) is 6.70. The van der Waals surface area contributed by atoms with Crippen molar-refractivity contribution in [1.29, 1.82) is 0 Å². The maximum Gasteiger partial charge on any atom is 0.262 e. The molecule has 0 fully saturated rings. The van der Waals surface area contributed by atoms with Gasteiger partial charge in [0.25, 0.3) is 5.24 Å². The van der Waals surface area contributed by atoms with Gasteiger partial charge in [-0.25, -0.2) is 0 Å². The van der Waals surface area contributed by atoms with Gasteiger partial charge in [0, 0.05) is 5.56 Å². The third-order valence-electron chi connectivity index (χ3n) is 5.15. The molecular formula is C20H31ClO2. The second-order valence-corrected chi connectivity index (χ2v) is 7.88. The van der Waals surface area contributed by atoms with E-state index in [1.165, 1.54) is 5.56 Å². The molecule has 1 rings (SSSR count). The van der Waals surface area contributed by atoms with Crippen LogP contribution in [-0.4, -0.2) is 11.3 Å². The predicted octanol–water partition coefficient (Wildman–Crippen LogP) is 5.98. The van der Waals surface area contributed by atoms with Crippen LogP contribution in [0.15, 0.2) is 18.2 Å². The van der Waals surface area contributed by atoms with Crippen LogP contribution in [0.2, 0.25) is 0 Å². The minimum atomic E-state index is -0.590. The summed E-state index contributed by atoms with van der Waals surface area (Å²) in [5.41, 5.74) is 2.54. The van der Waals surface area contributed by atoms with Crippen LogP contribution in [0, 0.1) is 0 Å². The minimum Gasteiger partial charge on any atom is -0.481 e. The highest BCUT2D eigenvalue weighted by Gasteiger charge is 2.28. The van der Waals surface area contributed by atoms with Crippen LogP contribution in [-0.2, 0) is 15.6 Å². The molecule has 0 N–H and O–H groups in total.